The molecule has 0 saturated carbocycles. The molecule has 3 heterocycles. The first-order valence-electron chi connectivity index (χ1n) is 9.53. The first-order chi connectivity index (χ1) is 12.6. The number of hydrogen-bond acceptors (Lipinski definition) is 4. The molecule has 1 saturated heterocycles. The smallest absolute Gasteiger partial charge is 0.222 e. The monoisotopic (exact) mass is 354 g/mol. The van der Waals surface area contributed by atoms with Crippen LogP contribution in [0.25, 0.3) is 0 Å². The lowest BCUT2D eigenvalue weighted by molar-refractivity contribution is -0.135. The molecular formula is C21H26N2O3. The Bertz CT molecular complexity index is 784. The van der Waals surface area contributed by atoms with Crippen LogP contribution in [0.4, 0.5) is 0 Å². The summed E-state index contributed by atoms with van der Waals surface area (Å²) in [5, 5.41) is 3.97. The molecule has 1 spiro atoms. The first kappa shape index (κ1) is 17.1. The number of hydrogen-bond donors (Lipinski definition) is 0. The average Bonchev–Trinajstić information content (AvgIpc) is 2.98. The van der Waals surface area contributed by atoms with E-state index in [1.165, 1.54) is 5.56 Å². The molecule has 1 aromatic heterocycles. The molecule has 0 atom stereocenters. The van der Waals surface area contributed by atoms with Crippen LogP contribution in [-0.4, -0.2) is 34.7 Å². The highest BCUT2D eigenvalue weighted by molar-refractivity contribution is 5.76. The Morgan fingerprint density at radius 1 is 1.19 bits per heavy atom. The molecule has 5 heteroatoms. The summed E-state index contributed by atoms with van der Waals surface area (Å²) >= 11 is 0. The Morgan fingerprint density at radius 2 is 1.96 bits per heavy atom. The number of ether oxygens (including phenoxy) is 1. The SMILES string of the molecule is Cc1noc(C)c1CCC(=O)N1CCC2(CCc3ccccc3O2)CC1. The highest BCUT2D eigenvalue weighted by atomic mass is 16.5. The lowest BCUT2D eigenvalue weighted by Gasteiger charge is -2.44. The first-order valence-corrected chi connectivity index (χ1v) is 9.53. The largest absolute Gasteiger partial charge is 0.487 e. The van der Waals surface area contributed by atoms with Crippen molar-refractivity contribution in [1.82, 2.24) is 10.1 Å². The molecule has 4 rings (SSSR count). The van der Waals surface area contributed by atoms with E-state index in [0.29, 0.717) is 12.8 Å². The zero-order valence-electron chi connectivity index (χ0n) is 15.6. The molecule has 2 aliphatic rings. The molecule has 0 aliphatic carbocycles. The average molecular weight is 354 g/mol. The zero-order valence-corrected chi connectivity index (χ0v) is 15.6. The minimum absolute atomic E-state index is 0.0905. The van der Waals surface area contributed by atoms with E-state index in [1.807, 2.05) is 24.8 Å². The molecule has 0 unspecified atom stereocenters. The van der Waals surface area contributed by atoms with Gasteiger partial charge in [-0.15, -0.1) is 0 Å². The second-order valence-corrected chi connectivity index (χ2v) is 7.58. The van der Waals surface area contributed by atoms with Gasteiger partial charge < -0.3 is 14.2 Å². The van der Waals surface area contributed by atoms with Gasteiger partial charge in [0, 0.05) is 37.9 Å². The van der Waals surface area contributed by atoms with Crippen LogP contribution < -0.4 is 4.74 Å². The fraction of sp³-hybridized carbons (Fsp3) is 0.524. The quantitative estimate of drug-likeness (QED) is 0.845. The number of para-hydroxylation sites is 1. The molecule has 0 radical (unpaired) electrons. The van der Waals surface area contributed by atoms with Gasteiger partial charge in [0.15, 0.2) is 0 Å². The summed E-state index contributed by atoms with van der Waals surface area (Å²) in [4.78, 5) is 14.6. The number of piperidine rings is 1. The second-order valence-electron chi connectivity index (χ2n) is 7.58. The normalized spacial score (nSPS) is 18.5. The van der Waals surface area contributed by atoms with E-state index in [-0.39, 0.29) is 11.5 Å². The lowest BCUT2D eigenvalue weighted by Crippen LogP contribution is -2.51. The summed E-state index contributed by atoms with van der Waals surface area (Å²) < 4.78 is 11.6. The van der Waals surface area contributed by atoms with Crippen LogP contribution in [0.5, 0.6) is 5.75 Å². The number of carbonyl (C=O) groups excluding carboxylic acids is 1. The van der Waals surface area contributed by atoms with Gasteiger partial charge in [0.25, 0.3) is 0 Å². The lowest BCUT2D eigenvalue weighted by atomic mass is 9.83. The molecule has 2 aromatic rings. The maximum Gasteiger partial charge on any atom is 0.222 e. The van der Waals surface area contributed by atoms with Gasteiger partial charge in [-0.2, -0.15) is 0 Å². The van der Waals surface area contributed by atoms with E-state index in [9.17, 15) is 4.79 Å². The third-order valence-corrected chi connectivity index (χ3v) is 5.95. The highest BCUT2D eigenvalue weighted by Gasteiger charge is 2.40. The summed E-state index contributed by atoms with van der Waals surface area (Å²) in [5.41, 5.74) is 3.17. The Labute approximate surface area is 154 Å². The number of likely N-dealkylation sites (tertiary alicyclic amines) is 1. The molecular weight excluding hydrogens is 328 g/mol. The molecule has 0 N–H and O–H groups in total. The Kier molecular flexibility index (Phi) is 4.47. The van der Waals surface area contributed by atoms with Crippen molar-refractivity contribution in [2.75, 3.05) is 13.1 Å². The van der Waals surface area contributed by atoms with Gasteiger partial charge in [0.1, 0.15) is 17.1 Å². The fourth-order valence-electron chi connectivity index (χ4n) is 4.22. The Morgan fingerprint density at radius 3 is 2.69 bits per heavy atom. The van der Waals surface area contributed by atoms with Crippen molar-refractivity contribution < 1.29 is 14.1 Å². The van der Waals surface area contributed by atoms with Crippen molar-refractivity contribution in [1.29, 1.82) is 0 Å². The number of aromatic nitrogens is 1. The number of benzene rings is 1. The van der Waals surface area contributed by atoms with E-state index in [1.54, 1.807) is 0 Å². The molecule has 1 fully saturated rings. The van der Waals surface area contributed by atoms with Crippen LogP contribution in [0.1, 0.15) is 48.3 Å². The molecule has 1 aromatic carbocycles. The maximum absolute atomic E-state index is 12.6. The fourth-order valence-corrected chi connectivity index (χ4v) is 4.22. The van der Waals surface area contributed by atoms with Crippen molar-refractivity contribution in [3.05, 3.63) is 46.8 Å². The number of amides is 1. The Balaban J connectivity index is 1.33. The van der Waals surface area contributed by atoms with E-state index in [0.717, 1.165) is 61.5 Å². The number of fused-ring (bicyclic) bond motifs is 1. The Hall–Kier alpha value is -2.30. The standard InChI is InChI=1S/C21H26N2O3/c1-15-18(16(2)26-22-15)7-8-20(24)23-13-11-21(12-14-23)10-9-17-5-3-4-6-19(17)25-21/h3-6H,7-14H2,1-2H3. The van der Waals surface area contributed by atoms with E-state index in [4.69, 9.17) is 9.26 Å². The van der Waals surface area contributed by atoms with Gasteiger partial charge in [0.05, 0.1) is 5.69 Å². The summed E-state index contributed by atoms with van der Waals surface area (Å²) in [6.45, 7) is 5.40. The van der Waals surface area contributed by atoms with Gasteiger partial charge in [-0.3, -0.25) is 4.79 Å². The van der Waals surface area contributed by atoms with Gasteiger partial charge in [-0.1, -0.05) is 23.4 Å². The van der Waals surface area contributed by atoms with E-state index in [2.05, 4.69) is 23.4 Å². The van der Waals surface area contributed by atoms with Crippen molar-refractivity contribution in [2.45, 2.75) is 58.0 Å². The minimum atomic E-state index is -0.0905. The summed E-state index contributed by atoms with van der Waals surface area (Å²) in [6, 6.07) is 8.32. The predicted molar refractivity (Wildman–Crippen MR) is 98.2 cm³/mol. The number of carbonyl (C=O) groups is 1. The van der Waals surface area contributed by atoms with E-state index < -0.39 is 0 Å². The molecule has 5 nitrogen and oxygen atoms in total. The third kappa shape index (κ3) is 3.22. The molecule has 0 bridgehead atoms. The van der Waals surface area contributed by atoms with Crippen LogP contribution in [-0.2, 0) is 17.6 Å². The molecule has 26 heavy (non-hydrogen) atoms. The molecule has 2 aliphatic heterocycles. The number of aryl methyl sites for hydroxylation is 3. The van der Waals surface area contributed by atoms with Crippen molar-refractivity contribution in [2.24, 2.45) is 0 Å². The topological polar surface area (TPSA) is 55.6 Å². The van der Waals surface area contributed by atoms with Crippen LogP contribution in [0.3, 0.4) is 0 Å². The summed E-state index contributed by atoms with van der Waals surface area (Å²) in [7, 11) is 0. The van der Waals surface area contributed by atoms with Crippen molar-refractivity contribution in [3.8, 4) is 5.75 Å². The molecule has 138 valence electrons. The summed E-state index contributed by atoms with van der Waals surface area (Å²) in [5.74, 6) is 2.06. The predicted octanol–water partition coefficient (Wildman–Crippen LogP) is 3.61. The van der Waals surface area contributed by atoms with Crippen LogP contribution >= 0.6 is 0 Å². The highest BCUT2D eigenvalue weighted by Crippen LogP contribution is 2.39. The molecule has 1 amide bonds. The van der Waals surface area contributed by atoms with Crippen molar-refractivity contribution in [3.63, 3.8) is 0 Å². The zero-order chi connectivity index (χ0) is 18.1. The van der Waals surface area contributed by atoms with Gasteiger partial charge >= 0.3 is 0 Å². The third-order valence-electron chi connectivity index (χ3n) is 5.95. The van der Waals surface area contributed by atoms with Crippen LogP contribution in [0.2, 0.25) is 0 Å². The number of nitrogens with zero attached hydrogens (tertiary/aromatic N) is 2. The van der Waals surface area contributed by atoms with Gasteiger partial charge in [-0.25, -0.2) is 0 Å². The van der Waals surface area contributed by atoms with Gasteiger partial charge in [-0.05, 0) is 44.7 Å². The summed E-state index contributed by atoms with van der Waals surface area (Å²) in [6.07, 6.45) is 5.16. The number of rotatable bonds is 3. The van der Waals surface area contributed by atoms with E-state index >= 15 is 0 Å². The van der Waals surface area contributed by atoms with Crippen LogP contribution in [0, 0.1) is 13.8 Å². The maximum atomic E-state index is 12.6. The van der Waals surface area contributed by atoms with Gasteiger partial charge in [0.2, 0.25) is 5.91 Å². The van der Waals surface area contributed by atoms with Crippen LogP contribution in [0.15, 0.2) is 28.8 Å². The van der Waals surface area contributed by atoms with Crippen molar-refractivity contribution >= 4 is 5.91 Å². The second kappa shape index (κ2) is 6.78. The minimum Gasteiger partial charge on any atom is -0.487 e.